The van der Waals surface area contributed by atoms with Crippen LogP contribution in [-0.2, 0) is 12.8 Å². The van der Waals surface area contributed by atoms with Crippen LogP contribution in [0.1, 0.15) is 29.2 Å². The number of aliphatic hydroxyl groups excluding tert-OH is 1. The van der Waals surface area contributed by atoms with E-state index in [9.17, 15) is 5.11 Å². The Morgan fingerprint density at radius 3 is 2.63 bits per heavy atom. The summed E-state index contributed by atoms with van der Waals surface area (Å²) in [7, 11) is 0. The molecule has 1 aliphatic rings. The number of aliphatic hydroxyl groups is 1. The molecular weight excluding hydrogens is 234 g/mol. The van der Waals surface area contributed by atoms with Gasteiger partial charge >= 0.3 is 0 Å². The zero-order valence-electron chi connectivity index (χ0n) is 11.0. The lowest BCUT2D eigenvalue weighted by molar-refractivity contribution is 0.187. The smallest absolute Gasteiger partial charge is 0.0912 e. The van der Waals surface area contributed by atoms with E-state index in [2.05, 4.69) is 24.3 Å². The van der Waals surface area contributed by atoms with E-state index in [-0.39, 0.29) is 6.54 Å². The van der Waals surface area contributed by atoms with Gasteiger partial charge in [0.25, 0.3) is 0 Å². The Morgan fingerprint density at radius 1 is 1.00 bits per heavy atom. The van der Waals surface area contributed by atoms with Crippen molar-refractivity contribution in [2.75, 3.05) is 6.54 Å². The Bertz CT molecular complexity index is 592. The van der Waals surface area contributed by atoms with Crippen LogP contribution in [0, 0.1) is 0 Å². The third-order valence-corrected chi connectivity index (χ3v) is 3.93. The van der Waals surface area contributed by atoms with Crippen molar-refractivity contribution in [3.63, 3.8) is 0 Å². The molecule has 0 fully saturated rings. The molecule has 98 valence electrons. The predicted octanol–water partition coefficient (Wildman–Crippen LogP) is 2.83. The lowest BCUT2D eigenvalue weighted by atomic mass is 9.98. The Morgan fingerprint density at radius 2 is 1.79 bits per heavy atom. The Kier molecular flexibility index (Phi) is 3.36. The molecule has 1 atom stereocenters. The van der Waals surface area contributed by atoms with Gasteiger partial charge in [-0.25, -0.2) is 0 Å². The number of nitrogens with two attached hydrogens (primary N) is 1. The largest absolute Gasteiger partial charge is 0.387 e. The molecule has 0 saturated heterocycles. The van der Waals surface area contributed by atoms with Crippen molar-refractivity contribution < 1.29 is 5.11 Å². The number of hydrogen-bond acceptors (Lipinski definition) is 2. The molecule has 1 aliphatic carbocycles. The van der Waals surface area contributed by atoms with Gasteiger partial charge in [-0.3, -0.25) is 0 Å². The average Bonchev–Trinajstić information content (AvgIpc) is 2.94. The first-order valence-corrected chi connectivity index (χ1v) is 6.88. The van der Waals surface area contributed by atoms with Crippen LogP contribution in [0.15, 0.2) is 42.5 Å². The maximum absolute atomic E-state index is 9.83. The highest BCUT2D eigenvalue weighted by Crippen LogP contribution is 2.29. The standard InChI is InChI=1S/C17H19NO/c18-11-17(19)16-6-2-5-14(10-16)15-8-7-12-3-1-4-13(12)9-15/h2,5-10,17,19H,1,3-4,11,18H2/t17-/m0/s1. The van der Waals surface area contributed by atoms with Gasteiger partial charge in [0.2, 0.25) is 0 Å². The molecule has 0 saturated carbocycles. The van der Waals surface area contributed by atoms with Crippen LogP contribution in [0.5, 0.6) is 0 Å². The molecule has 2 aromatic carbocycles. The summed E-state index contributed by atoms with van der Waals surface area (Å²) in [6.45, 7) is 0.258. The maximum atomic E-state index is 9.83. The molecule has 3 rings (SSSR count). The fourth-order valence-corrected chi connectivity index (χ4v) is 2.81. The van der Waals surface area contributed by atoms with Gasteiger partial charge in [-0.05, 0) is 53.1 Å². The van der Waals surface area contributed by atoms with Crippen molar-refractivity contribution in [3.8, 4) is 11.1 Å². The van der Waals surface area contributed by atoms with Gasteiger partial charge < -0.3 is 10.8 Å². The number of fused-ring (bicyclic) bond motifs is 1. The van der Waals surface area contributed by atoms with Gasteiger partial charge in [0, 0.05) is 6.54 Å². The molecule has 0 bridgehead atoms. The van der Waals surface area contributed by atoms with E-state index in [4.69, 9.17) is 5.73 Å². The summed E-state index contributed by atoms with van der Waals surface area (Å²) >= 11 is 0. The molecule has 2 aromatic rings. The van der Waals surface area contributed by atoms with Gasteiger partial charge in [-0.1, -0.05) is 36.4 Å². The van der Waals surface area contributed by atoms with E-state index < -0.39 is 6.10 Å². The number of rotatable bonds is 3. The summed E-state index contributed by atoms with van der Waals surface area (Å²) in [6, 6.07) is 14.7. The molecule has 2 heteroatoms. The summed E-state index contributed by atoms with van der Waals surface area (Å²) in [5, 5.41) is 9.83. The minimum Gasteiger partial charge on any atom is -0.387 e. The predicted molar refractivity (Wildman–Crippen MR) is 77.9 cm³/mol. The van der Waals surface area contributed by atoms with E-state index in [1.165, 1.54) is 36.0 Å². The summed E-state index contributed by atoms with van der Waals surface area (Å²) in [6.07, 6.45) is 3.09. The Balaban J connectivity index is 1.98. The molecule has 19 heavy (non-hydrogen) atoms. The molecule has 0 spiro atoms. The van der Waals surface area contributed by atoms with Crippen LogP contribution in [0.3, 0.4) is 0 Å². The van der Waals surface area contributed by atoms with Gasteiger partial charge in [-0.15, -0.1) is 0 Å². The highest BCUT2D eigenvalue weighted by molar-refractivity contribution is 5.66. The Hall–Kier alpha value is -1.64. The fraction of sp³-hybridized carbons (Fsp3) is 0.294. The van der Waals surface area contributed by atoms with Crippen LogP contribution >= 0.6 is 0 Å². The topological polar surface area (TPSA) is 46.2 Å². The van der Waals surface area contributed by atoms with E-state index in [0.29, 0.717) is 0 Å². The molecule has 0 amide bonds. The van der Waals surface area contributed by atoms with Crippen LogP contribution in [0.4, 0.5) is 0 Å². The lowest BCUT2D eigenvalue weighted by Crippen LogP contribution is -2.11. The fourth-order valence-electron chi connectivity index (χ4n) is 2.81. The van der Waals surface area contributed by atoms with E-state index in [0.717, 1.165) is 11.1 Å². The molecule has 0 radical (unpaired) electrons. The first kappa shape index (κ1) is 12.4. The summed E-state index contributed by atoms with van der Waals surface area (Å²) in [4.78, 5) is 0. The SMILES string of the molecule is NC[C@H](O)c1cccc(-c2ccc3c(c2)CCC3)c1. The highest BCUT2D eigenvalue weighted by Gasteiger charge is 2.12. The second-order valence-corrected chi connectivity index (χ2v) is 5.21. The van der Waals surface area contributed by atoms with Crippen molar-refractivity contribution in [2.24, 2.45) is 5.73 Å². The molecule has 3 N–H and O–H groups in total. The minimum absolute atomic E-state index is 0.258. The number of aryl methyl sites for hydroxylation is 2. The van der Waals surface area contributed by atoms with Crippen LogP contribution < -0.4 is 5.73 Å². The first-order valence-electron chi connectivity index (χ1n) is 6.88. The normalized spacial score (nSPS) is 15.3. The van der Waals surface area contributed by atoms with Gasteiger partial charge in [0.05, 0.1) is 6.10 Å². The zero-order chi connectivity index (χ0) is 13.2. The zero-order valence-corrected chi connectivity index (χ0v) is 11.0. The number of benzene rings is 2. The molecular formula is C17H19NO. The molecule has 0 aliphatic heterocycles. The molecule has 2 nitrogen and oxygen atoms in total. The highest BCUT2D eigenvalue weighted by atomic mass is 16.3. The van der Waals surface area contributed by atoms with Crippen LogP contribution in [0.2, 0.25) is 0 Å². The van der Waals surface area contributed by atoms with Gasteiger partial charge in [0.1, 0.15) is 0 Å². The Labute approximate surface area is 113 Å². The van der Waals surface area contributed by atoms with E-state index >= 15 is 0 Å². The minimum atomic E-state index is -0.575. The maximum Gasteiger partial charge on any atom is 0.0912 e. The summed E-state index contributed by atoms with van der Waals surface area (Å²) in [5.41, 5.74) is 11.7. The monoisotopic (exact) mass is 253 g/mol. The molecule has 0 unspecified atom stereocenters. The third kappa shape index (κ3) is 2.42. The van der Waals surface area contributed by atoms with Crippen molar-refractivity contribution >= 4 is 0 Å². The first-order chi connectivity index (χ1) is 9.28. The summed E-state index contributed by atoms with van der Waals surface area (Å²) in [5.74, 6) is 0. The lowest BCUT2D eigenvalue weighted by Gasteiger charge is -2.11. The van der Waals surface area contributed by atoms with Crippen LogP contribution in [-0.4, -0.2) is 11.7 Å². The second-order valence-electron chi connectivity index (χ2n) is 5.21. The van der Waals surface area contributed by atoms with Crippen molar-refractivity contribution in [3.05, 3.63) is 59.2 Å². The van der Waals surface area contributed by atoms with E-state index in [1.807, 2.05) is 18.2 Å². The average molecular weight is 253 g/mol. The van der Waals surface area contributed by atoms with Crippen molar-refractivity contribution in [1.29, 1.82) is 0 Å². The molecule has 0 aromatic heterocycles. The van der Waals surface area contributed by atoms with Gasteiger partial charge in [-0.2, -0.15) is 0 Å². The molecule has 0 heterocycles. The number of hydrogen-bond donors (Lipinski definition) is 2. The van der Waals surface area contributed by atoms with Crippen molar-refractivity contribution in [2.45, 2.75) is 25.4 Å². The van der Waals surface area contributed by atoms with Crippen molar-refractivity contribution in [1.82, 2.24) is 0 Å². The summed E-state index contributed by atoms with van der Waals surface area (Å²) < 4.78 is 0. The van der Waals surface area contributed by atoms with Crippen LogP contribution in [0.25, 0.3) is 11.1 Å². The quantitative estimate of drug-likeness (QED) is 0.883. The third-order valence-electron chi connectivity index (χ3n) is 3.93. The van der Waals surface area contributed by atoms with Gasteiger partial charge in [0.15, 0.2) is 0 Å². The van der Waals surface area contributed by atoms with E-state index in [1.54, 1.807) is 0 Å². The second kappa shape index (κ2) is 5.16.